The second-order valence-corrected chi connectivity index (χ2v) is 8.30. The largest absolute Gasteiger partial charge is 0.330 e. The molecule has 1 aliphatic rings. The van der Waals surface area contributed by atoms with Crippen molar-refractivity contribution >= 4 is 9.84 Å². The molecule has 2 atom stereocenters. The zero-order valence-electron chi connectivity index (χ0n) is 12.4. The molecule has 0 aromatic carbocycles. The van der Waals surface area contributed by atoms with Crippen LogP contribution in [0.25, 0.3) is 0 Å². The van der Waals surface area contributed by atoms with Crippen molar-refractivity contribution < 1.29 is 8.42 Å². The van der Waals surface area contributed by atoms with Crippen molar-refractivity contribution in [2.24, 2.45) is 17.6 Å². The number of unbranched alkanes of at least 4 members (excludes halogenated alkanes) is 6. The van der Waals surface area contributed by atoms with E-state index in [0.717, 1.165) is 12.8 Å². The van der Waals surface area contributed by atoms with Gasteiger partial charge in [-0.25, -0.2) is 8.42 Å². The maximum Gasteiger partial charge on any atom is 0.150 e. The third-order valence-electron chi connectivity index (χ3n) is 4.42. The molecule has 1 saturated heterocycles. The Kier molecular flexibility index (Phi) is 8.00. The van der Waals surface area contributed by atoms with Gasteiger partial charge in [-0.1, -0.05) is 51.9 Å². The van der Waals surface area contributed by atoms with Crippen LogP contribution < -0.4 is 5.73 Å². The van der Waals surface area contributed by atoms with E-state index in [1.807, 2.05) is 0 Å². The Balaban J connectivity index is 2.12. The standard InChI is InChI=1S/C15H31NO2S/c1-2-3-4-5-6-7-8-9-14(12-16)15-10-11-19(17,18)13-15/h14-15H,2-13,16H2,1H3. The van der Waals surface area contributed by atoms with Gasteiger partial charge < -0.3 is 5.73 Å². The lowest BCUT2D eigenvalue weighted by Crippen LogP contribution is -2.24. The first-order valence-corrected chi connectivity index (χ1v) is 9.81. The summed E-state index contributed by atoms with van der Waals surface area (Å²) in [5, 5.41) is 0. The van der Waals surface area contributed by atoms with Crippen LogP contribution in [0, 0.1) is 11.8 Å². The lowest BCUT2D eigenvalue weighted by atomic mass is 9.87. The lowest BCUT2D eigenvalue weighted by Gasteiger charge is -2.20. The fourth-order valence-electron chi connectivity index (χ4n) is 3.11. The van der Waals surface area contributed by atoms with Crippen molar-refractivity contribution in [2.45, 2.75) is 64.7 Å². The Morgan fingerprint density at radius 2 is 1.74 bits per heavy atom. The zero-order valence-corrected chi connectivity index (χ0v) is 13.3. The second-order valence-electron chi connectivity index (χ2n) is 6.07. The van der Waals surface area contributed by atoms with Crippen LogP contribution in [0.15, 0.2) is 0 Å². The molecule has 1 aliphatic heterocycles. The summed E-state index contributed by atoms with van der Waals surface area (Å²) in [6.07, 6.45) is 11.1. The molecule has 0 bridgehead atoms. The summed E-state index contributed by atoms with van der Waals surface area (Å²) in [7, 11) is -2.75. The average molecular weight is 289 g/mol. The molecule has 0 amide bonds. The fourth-order valence-corrected chi connectivity index (χ4v) is 5.02. The van der Waals surface area contributed by atoms with E-state index in [1.54, 1.807) is 0 Å². The Morgan fingerprint density at radius 3 is 2.26 bits per heavy atom. The maximum absolute atomic E-state index is 11.5. The molecule has 1 fully saturated rings. The molecule has 0 spiro atoms. The second kappa shape index (κ2) is 8.96. The van der Waals surface area contributed by atoms with Gasteiger partial charge in [-0.3, -0.25) is 0 Å². The Bertz CT molecular complexity index is 327. The summed E-state index contributed by atoms with van der Waals surface area (Å²) in [5.74, 6) is 1.51. The summed E-state index contributed by atoms with van der Waals surface area (Å²) in [6, 6.07) is 0. The third-order valence-corrected chi connectivity index (χ3v) is 6.21. The minimum absolute atomic E-state index is 0.329. The van der Waals surface area contributed by atoms with Gasteiger partial charge >= 0.3 is 0 Å². The first-order chi connectivity index (χ1) is 9.09. The Labute approximate surface area is 119 Å². The molecule has 1 heterocycles. The molecule has 0 radical (unpaired) electrons. The quantitative estimate of drug-likeness (QED) is 0.629. The highest BCUT2D eigenvalue weighted by Gasteiger charge is 2.32. The first kappa shape index (κ1) is 17.0. The SMILES string of the molecule is CCCCCCCCCC(CN)C1CCS(=O)(=O)C1. The smallest absolute Gasteiger partial charge is 0.150 e. The predicted octanol–water partition coefficient (Wildman–Crippen LogP) is 3.14. The minimum atomic E-state index is -2.75. The van der Waals surface area contributed by atoms with E-state index >= 15 is 0 Å². The van der Waals surface area contributed by atoms with E-state index in [0.29, 0.717) is 29.9 Å². The van der Waals surface area contributed by atoms with E-state index < -0.39 is 9.84 Å². The van der Waals surface area contributed by atoms with Crippen LogP contribution in [-0.2, 0) is 9.84 Å². The van der Waals surface area contributed by atoms with Crippen LogP contribution in [0.4, 0.5) is 0 Å². The summed E-state index contributed by atoms with van der Waals surface area (Å²) in [6.45, 7) is 2.89. The number of rotatable bonds is 10. The molecule has 114 valence electrons. The molecule has 1 rings (SSSR count). The molecular formula is C15H31NO2S. The molecular weight excluding hydrogens is 258 g/mol. The maximum atomic E-state index is 11.5. The zero-order chi connectivity index (χ0) is 14.1. The minimum Gasteiger partial charge on any atom is -0.330 e. The predicted molar refractivity (Wildman–Crippen MR) is 81.9 cm³/mol. The highest BCUT2D eigenvalue weighted by atomic mass is 32.2. The molecule has 2 unspecified atom stereocenters. The van der Waals surface area contributed by atoms with Crippen LogP contribution in [0.3, 0.4) is 0 Å². The van der Waals surface area contributed by atoms with Crippen LogP contribution >= 0.6 is 0 Å². The van der Waals surface area contributed by atoms with Crippen molar-refractivity contribution in [2.75, 3.05) is 18.1 Å². The lowest BCUT2D eigenvalue weighted by molar-refractivity contribution is 0.337. The van der Waals surface area contributed by atoms with Crippen molar-refractivity contribution in [3.05, 3.63) is 0 Å². The highest BCUT2D eigenvalue weighted by molar-refractivity contribution is 7.91. The van der Waals surface area contributed by atoms with Crippen molar-refractivity contribution in [3.63, 3.8) is 0 Å². The molecule has 0 aromatic rings. The summed E-state index contributed by atoms with van der Waals surface area (Å²) < 4.78 is 23.0. The van der Waals surface area contributed by atoms with Crippen LogP contribution in [0.1, 0.15) is 64.7 Å². The number of sulfone groups is 1. The van der Waals surface area contributed by atoms with Gasteiger partial charge in [0.2, 0.25) is 0 Å². The van der Waals surface area contributed by atoms with Crippen LogP contribution in [0.2, 0.25) is 0 Å². The fraction of sp³-hybridized carbons (Fsp3) is 1.00. The van der Waals surface area contributed by atoms with E-state index in [-0.39, 0.29) is 0 Å². The summed E-state index contributed by atoms with van der Waals surface area (Å²) in [4.78, 5) is 0. The molecule has 2 N–H and O–H groups in total. The number of hydrogen-bond acceptors (Lipinski definition) is 3. The Hall–Kier alpha value is -0.0900. The molecule has 4 heteroatoms. The van der Waals surface area contributed by atoms with E-state index in [4.69, 9.17) is 5.73 Å². The van der Waals surface area contributed by atoms with Gasteiger partial charge in [0.15, 0.2) is 9.84 Å². The van der Waals surface area contributed by atoms with Crippen molar-refractivity contribution in [1.29, 1.82) is 0 Å². The van der Waals surface area contributed by atoms with Gasteiger partial charge in [0.25, 0.3) is 0 Å². The van der Waals surface area contributed by atoms with Crippen molar-refractivity contribution in [1.82, 2.24) is 0 Å². The average Bonchev–Trinajstić information content (AvgIpc) is 2.73. The van der Waals surface area contributed by atoms with Gasteiger partial charge in [0.1, 0.15) is 0 Å². The molecule has 3 nitrogen and oxygen atoms in total. The van der Waals surface area contributed by atoms with Gasteiger partial charge in [-0.05, 0) is 31.2 Å². The topological polar surface area (TPSA) is 60.2 Å². The summed E-state index contributed by atoms with van der Waals surface area (Å²) in [5.41, 5.74) is 5.83. The Morgan fingerprint density at radius 1 is 1.11 bits per heavy atom. The van der Waals surface area contributed by atoms with Crippen LogP contribution in [0.5, 0.6) is 0 Å². The van der Waals surface area contributed by atoms with Crippen LogP contribution in [-0.4, -0.2) is 26.5 Å². The van der Waals surface area contributed by atoms with E-state index in [9.17, 15) is 8.42 Å². The third kappa shape index (κ3) is 6.75. The van der Waals surface area contributed by atoms with Gasteiger partial charge in [-0.2, -0.15) is 0 Å². The number of hydrogen-bond donors (Lipinski definition) is 1. The first-order valence-electron chi connectivity index (χ1n) is 7.99. The number of nitrogens with two attached hydrogens (primary N) is 1. The molecule has 0 aliphatic carbocycles. The van der Waals surface area contributed by atoms with E-state index in [2.05, 4.69) is 6.92 Å². The summed E-state index contributed by atoms with van der Waals surface area (Å²) >= 11 is 0. The van der Waals surface area contributed by atoms with Gasteiger partial charge in [0, 0.05) is 0 Å². The van der Waals surface area contributed by atoms with E-state index in [1.165, 1.54) is 44.9 Å². The normalized spacial score (nSPS) is 23.6. The molecule has 0 aromatic heterocycles. The molecule has 0 saturated carbocycles. The van der Waals surface area contributed by atoms with Gasteiger partial charge in [0.05, 0.1) is 11.5 Å². The highest BCUT2D eigenvalue weighted by Crippen LogP contribution is 2.29. The monoisotopic (exact) mass is 289 g/mol. The van der Waals surface area contributed by atoms with Crippen molar-refractivity contribution in [3.8, 4) is 0 Å². The molecule has 19 heavy (non-hydrogen) atoms. The van der Waals surface area contributed by atoms with Gasteiger partial charge in [-0.15, -0.1) is 0 Å².